The maximum atomic E-state index is 12.7. The Labute approximate surface area is 170 Å². The highest BCUT2D eigenvalue weighted by Gasteiger charge is 2.25. The largest absolute Gasteiger partial charge is 0.339 e. The molecule has 0 saturated heterocycles. The molecule has 2 N–H and O–H groups in total. The van der Waals surface area contributed by atoms with Crippen LogP contribution in [0, 0.1) is 5.92 Å². The summed E-state index contributed by atoms with van der Waals surface area (Å²) in [6.07, 6.45) is 0. The number of nitrogens with two attached hydrogens (primary N) is 1. The summed E-state index contributed by atoms with van der Waals surface area (Å²) < 4.78 is 1.14. The lowest BCUT2D eigenvalue weighted by Crippen LogP contribution is -2.36. The molecule has 26 heavy (non-hydrogen) atoms. The van der Waals surface area contributed by atoms with E-state index in [1.807, 2.05) is 68.6 Å². The van der Waals surface area contributed by atoms with Gasteiger partial charge >= 0.3 is 0 Å². The fraction of sp³-hybridized carbons (Fsp3) is 0.263. The van der Waals surface area contributed by atoms with Crippen LogP contribution in [0.2, 0.25) is 0 Å². The number of carbonyl (C=O) groups is 1. The van der Waals surface area contributed by atoms with Crippen molar-refractivity contribution in [1.82, 2.24) is 9.88 Å². The van der Waals surface area contributed by atoms with E-state index >= 15 is 0 Å². The molecule has 2 aromatic carbocycles. The number of nitrogens with zero attached hydrogens (tertiary/aromatic N) is 2. The normalized spacial score (nSPS) is 12.6. The van der Waals surface area contributed by atoms with Crippen molar-refractivity contribution < 1.29 is 4.79 Å². The van der Waals surface area contributed by atoms with Gasteiger partial charge in [-0.1, -0.05) is 49.4 Å². The number of para-hydroxylation sites is 1. The summed E-state index contributed by atoms with van der Waals surface area (Å²) in [5.41, 5.74) is 8.23. The molecule has 0 aliphatic rings. The summed E-state index contributed by atoms with van der Waals surface area (Å²) in [5.74, 6) is -0.252. The predicted molar refractivity (Wildman–Crippen MR) is 113 cm³/mol. The summed E-state index contributed by atoms with van der Waals surface area (Å²) in [4.78, 5) is 19.0. The molecule has 0 aliphatic carbocycles. The van der Waals surface area contributed by atoms with E-state index < -0.39 is 0 Å². The van der Waals surface area contributed by atoms with Gasteiger partial charge in [-0.3, -0.25) is 4.79 Å². The van der Waals surface area contributed by atoms with Gasteiger partial charge in [0.2, 0.25) is 5.91 Å². The maximum absolute atomic E-state index is 12.7. The van der Waals surface area contributed by atoms with Gasteiger partial charge in [-0.2, -0.15) is 0 Å². The van der Waals surface area contributed by atoms with Crippen molar-refractivity contribution >= 4 is 52.3 Å². The Bertz CT molecular complexity index is 808. The van der Waals surface area contributed by atoms with Gasteiger partial charge in [-0.15, -0.1) is 36.2 Å². The van der Waals surface area contributed by atoms with Crippen LogP contribution in [0.4, 0.5) is 0 Å². The Balaban J connectivity index is 0.00000169. The van der Waals surface area contributed by atoms with Crippen LogP contribution in [0.25, 0.3) is 10.2 Å². The quantitative estimate of drug-likeness (QED) is 0.674. The average molecular weight is 412 g/mol. The minimum Gasteiger partial charge on any atom is -0.339 e. The summed E-state index contributed by atoms with van der Waals surface area (Å²) in [5, 5.41) is 0.938. The van der Waals surface area contributed by atoms with Crippen LogP contribution in [0.5, 0.6) is 0 Å². The lowest BCUT2D eigenvalue weighted by atomic mass is 9.94. The molecule has 0 fully saturated rings. The van der Waals surface area contributed by atoms with Crippen LogP contribution in [0.1, 0.15) is 23.5 Å². The van der Waals surface area contributed by atoms with Crippen molar-refractivity contribution in [3.8, 4) is 0 Å². The zero-order valence-electron chi connectivity index (χ0n) is 14.7. The van der Waals surface area contributed by atoms with Gasteiger partial charge in [0.05, 0.1) is 22.7 Å². The van der Waals surface area contributed by atoms with Gasteiger partial charge in [-0.05, 0) is 17.7 Å². The minimum absolute atomic E-state index is 0. The molecule has 140 valence electrons. The maximum Gasteiger partial charge on any atom is 0.227 e. The monoisotopic (exact) mass is 411 g/mol. The second kappa shape index (κ2) is 9.88. The minimum atomic E-state index is -0.309. The van der Waals surface area contributed by atoms with Gasteiger partial charge in [0.25, 0.3) is 0 Å². The highest BCUT2D eigenvalue weighted by Crippen LogP contribution is 2.24. The molecule has 0 saturated carbocycles. The molecule has 1 amide bonds. The second-order valence-corrected chi connectivity index (χ2v) is 7.11. The number of benzene rings is 2. The second-order valence-electron chi connectivity index (χ2n) is 5.99. The van der Waals surface area contributed by atoms with Gasteiger partial charge in [0.1, 0.15) is 5.01 Å². The van der Waals surface area contributed by atoms with Gasteiger partial charge < -0.3 is 10.6 Å². The molecule has 0 spiro atoms. The van der Waals surface area contributed by atoms with E-state index in [0.717, 1.165) is 20.8 Å². The fourth-order valence-corrected chi connectivity index (χ4v) is 3.75. The van der Waals surface area contributed by atoms with Crippen molar-refractivity contribution in [2.75, 3.05) is 7.05 Å². The van der Waals surface area contributed by atoms with E-state index in [0.29, 0.717) is 6.54 Å². The summed E-state index contributed by atoms with van der Waals surface area (Å²) >= 11 is 1.62. The Morgan fingerprint density at radius 3 is 2.38 bits per heavy atom. The van der Waals surface area contributed by atoms with Crippen molar-refractivity contribution in [3.63, 3.8) is 0 Å². The van der Waals surface area contributed by atoms with Gasteiger partial charge in [0, 0.05) is 13.1 Å². The Kier molecular flexibility index (Phi) is 8.50. The summed E-state index contributed by atoms with van der Waals surface area (Å²) in [7, 11) is 1.81. The molecular formula is C19H23Cl2N3OS. The smallest absolute Gasteiger partial charge is 0.227 e. The lowest BCUT2D eigenvalue weighted by molar-refractivity contribution is -0.134. The number of amides is 1. The zero-order valence-corrected chi connectivity index (χ0v) is 17.1. The SMILES string of the molecule is CC(C(=O)N(C)Cc1nc2ccccc2s1)C(N)c1ccccc1.Cl.Cl. The van der Waals surface area contributed by atoms with Crippen LogP contribution < -0.4 is 5.73 Å². The molecule has 4 nitrogen and oxygen atoms in total. The number of hydrogen-bond donors (Lipinski definition) is 1. The molecule has 3 rings (SSSR count). The van der Waals surface area contributed by atoms with Gasteiger partial charge in [-0.25, -0.2) is 4.98 Å². The molecule has 1 heterocycles. The first-order chi connectivity index (χ1) is 11.6. The van der Waals surface area contributed by atoms with Crippen LogP contribution in [0.15, 0.2) is 54.6 Å². The first-order valence-corrected chi connectivity index (χ1v) is 8.78. The average Bonchev–Trinajstić information content (AvgIpc) is 3.02. The molecule has 7 heteroatoms. The predicted octanol–water partition coefficient (Wildman–Crippen LogP) is 4.43. The number of rotatable bonds is 5. The summed E-state index contributed by atoms with van der Waals surface area (Å²) in [6.45, 7) is 2.39. The Hall–Kier alpha value is -1.66. The first kappa shape index (κ1) is 22.4. The third-order valence-electron chi connectivity index (χ3n) is 4.20. The van der Waals surface area contributed by atoms with Crippen molar-refractivity contribution in [3.05, 3.63) is 65.2 Å². The molecule has 0 aliphatic heterocycles. The van der Waals surface area contributed by atoms with Crippen LogP contribution in [0.3, 0.4) is 0 Å². The first-order valence-electron chi connectivity index (χ1n) is 7.96. The third-order valence-corrected chi connectivity index (χ3v) is 5.22. The molecule has 0 radical (unpaired) electrons. The summed E-state index contributed by atoms with van der Waals surface area (Å²) in [6, 6.07) is 17.5. The van der Waals surface area contributed by atoms with Crippen LogP contribution >= 0.6 is 36.2 Å². The van der Waals surface area contributed by atoms with E-state index in [-0.39, 0.29) is 42.7 Å². The number of aromatic nitrogens is 1. The van der Waals surface area contributed by atoms with Crippen molar-refractivity contribution in [2.24, 2.45) is 11.7 Å². The van der Waals surface area contributed by atoms with Crippen molar-refractivity contribution in [1.29, 1.82) is 0 Å². The Morgan fingerprint density at radius 2 is 1.73 bits per heavy atom. The number of thiazole rings is 1. The topological polar surface area (TPSA) is 59.2 Å². The third kappa shape index (κ3) is 4.95. The molecule has 2 atom stereocenters. The highest BCUT2D eigenvalue weighted by atomic mass is 35.5. The van der Waals surface area contributed by atoms with Crippen molar-refractivity contribution in [2.45, 2.75) is 19.5 Å². The Morgan fingerprint density at radius 1 is 1.12 bits per heavy atom. The zero-order chi connectivity index (χ0) is 17.1. The molecule has 3 aromatic rings. The number of carbonyl (C=O) groups excluding carboxylic acids is 1. The van der Waals surface area contributed by atoms with E-state index in [1.165, 1.54) is 0 Å². The fourth-order valence-electron chi connectivity index (χ4n) is 2.73. The molecule has 0 bridgehead atoms. The van der Waals surface area contributed by atoms with E-state index in [9.17, 15) is 4.79 Å². The van der Waals surface area contributed by atoms with E-state index in [1.54, 1.807) is 16.2 Å². The molecular weight excluding hydrogens is 389 g/mol. The molecule has 1 aromatic heterocycles. The number of hydrogen-bond acceptors (Lipinski definition) is 4. The van der Waals surface area contributed by atoms with Crippen LogP contribution in [-0.2, 0) is 11.3 Å². The standard InChI is InChI=1S/C19H21N3OS.2ClH/c1-13(18(20)14-8-4-3-5-9-14)19(23)22(2)12-17-21-15-10-6-7-11-16(15)24-17;;/h3-11,13,18H,12,20H2,1-2H3;2*1H. The lowest BCUT2D eigenvalue weighted by Gasteiger charge is -2.25. The van der Waals surface area contributed by atoms with E-state index in [2.05, 4.69) is 4.98 Å². The number of halogens is 2. The van der Waals surface area contributed by atoms with E-state index in [4.69, 9.17) is 5.73 Å². The van der Waals surface area contributed by atoms with Gasteiger partial charge in [0.15, 0.2) is 0 Å². The van der Waals surface area contributed by atoms with Crippen LogP contribution in [-0.4, -0.2) is 22.8 Å². The molecule has 2 unspecified atom stereocenters. The highest BCUT2D eigenvalue weighted by molar-refractivity contribution is 7.18. The number of fused-ring (bicyclic) bond motifs is 1.